The van der Waals surface area contributed by atoms with E-state index in [1.165, 1.54) is 12.1 Å². The van der Waals surface area contributed by atoms with Crippen molar-refractivity contribution >= 4 is 5.91 Å². The Bertz CT molecular complexity index is 416. The number of halogens is 1. The van der Waals surface area contributed by atoms with Gasteiger partial charge in [-0.05, 0) is 37.1 Å². The van der Waals surface area contributed by atoms with Gasteiger partial charge in [-0.25, -0.2) is 4.39 Å². The lowest BCUT2D eigenvalue weighted by Crippen LogP contribution is -2.42. The molecule has 1 unspecified atom stereocenters. The standard InChI is InChI=1S/C14H19FN2O/c1-16(2)14(18)13-4-3-9-17(13)10-11-5-7-12(15)8-6-11/h5-8,13H,3-4,9-10H2,1-2H3. The van der Waals surface area contributed by atoms with Gasteiger partial charge in [-0.3, -0.25) is 9.69 Å². The molecule has 0 radical (unpaired) electrons. The Morgan fingerprint density at radius 1 is 1.39 bits per heavy atom. The Labute approximate surface area is 107 Å². The largest absolute Gasteiger partial charge is 0.347 e. The molecule has 4 heteroatoms. The van der Waals surface area contributed by atoms with Crippen molar-refractivity contribution in [1.82, 2.24) is 9.80 Å². The Balaban J connectivity index is 2.04. The normalized spacial score (nSPS) is 20.1. The third kappa shape index (κ3) is 2.88. The summed E-state index contributed by atoms with van der Waals surface area (Å²) in [5.41, 5.74) is 1.05. The van der Waals surface area contributed by atoms with E-state index in [-0.39, 0.29) is 17.8 Å². The third-order valence-electron chi connectivity index (χ3n) is 3.39. The molecule has 0 saturated carbocycles. The zero-order valence-corrected chi connectivity index (χ0v) is 10.9. The zero-order chi connectivity index (χ0) is 13.1. The van der Waals surface area contributed by atoms with Gasteiger partial charge in [0, 0.05) is 20.6 Å². The number of carbonyl (C=O) groups is 1. The van der Waals surface area contributed by atoms with Gasteiger partial charge in [-0.15, -0.1) is 0 Å². The van der Waals surface area contributed by atoms with Crippen molar-refractivity contribution < 1.29 is 9.18 Å². The van der Waals surface area contributed by atoms with Crippen LogP contribution in [0, 0.1) is 5.82 Å². The van der Waals surface area contributed by atoms with Crippen LogP contribution in [-0.2, 0) is 11.3 Å². The van der Waals surface area contributed by atoms with Gasteiger partial charge in [-0.2, -0.15) is 0 Å². The summed E-state index contributed by atoms with van der Waals surface area (Å²) in [4.78, 5) is 15.8. The molecular formula is C14H19FN2O. The Morgan fingerprint density at radius 2 is 2.06 bits per heavy atom. The maximum atomic E-state index is 12.8. The molecule has 0 aliphatic carbocycles. The van der Waals surface area contributed by atoms with E-state index in [1.807, 2.05) is 0 Å². The number of carbonyl (C=O) groups excluding carboxylic acids is 1. The highest BCUT2D eigenvalue weighted by atomic mass is 19.1. The lowest BCUT2D eigenvalue weighted by Gasteiger charge is -2.26. The average molecular weight is 250 g/mol. The fourth-order valence-corrected chi connectivity index (χ4v) is 2.42. The minimum absolute atomic E-state index is 0.0231. The molecule has 18 heavy (non-hydrogen) atoms. The molecule has 98 valence electrons. The number of nitrogens with zero attached hydrogens (tertiary/aromatic N) is 2. The second kappa shape index (κ2) is 5.48. The lowest BCUT2D eigenvalue weighted by atomic mass is 10.1. The second-order valence-corrected chi connectivity index (χ2v) is 4.99. The number of benzene rings is 1. The summed E-state index contributed by atoms with van der Waals surface area (Å²) in [6.07, 6.45) is 1.96. The van der Waals surface area contributed by atoms with Crippen LogP contribution in [0.3, 0.4) is 0 Å². The maximum Gasteiger partial charge on any atom is 0.239 e. The highest BCUT2D eigenvalue weighted by Crippen LogP contribution is 2.21. The van der Waals surface area contributed by atoms with Crippen molar-refractivity contribution in [2.45, 2.75) is 25.4 Å². The van der Waals surface area contributed by atoms with Crippen molar-refractivity contribution in [3.05, 3.63) is 35.6 Å². The summed E-state index contributed by atoms with van der Waals surface area (Å²) in [6, 6.07) is 6.47. The van der Waals surface area contributed by atoms with Crippen LogP contribution < -0.4 is 0 Å². The molecule has 0 aromatic heterocycles. The highest BCUT2D eigenvalue weighted by molar-refractivity contribution is 5.81. The van der Waals surface area contributed by atoms with Gasteiger partial charge >= 0.3 is 0 Å². The van der Waals surface area contributed by atoms with Crippen LogP contribution >= 0.6 is 0 Å². The molecule has 2 rings (SSSR count). The summed E-state index contributed by atoms with van der Waals surface area (Å²) >= 11 is 0. The van der Waals surface area contributed by atoms with E-state index in [2.05, 4.69) is 4.90 Å². The van der Waals surface area contributed by atoms with Crippen molar-refractivity contribution in [2.24, 2.45) is 0 Å². The van der Waals surface area contributed by atoms with Gasteiger partial charge in [0.05, 0.1) is 6.04 Å². The molecule has 1 amide bonds. The van der Waals surface area contributed by atoms with Crippen LogP contribution in [0.4, 0.5) is 4.39 Å². The van der Waals surface area contributed by atoms with Crippen LogP contribution in [0.1, 0.15) is 18.4 Å². The van der Waals surface area contributed by atoms with Crippen LogP contribution in [-0.4, -0.2) is 42.4 Å². The molecule has 3 nitrogen and oxygen atoms in total. The minimum Gasteiger partial charge on any atom is -0.347 e. The molecule has 1 heterocycles. The summed E-state index contributed by atoms with van der Waals surface area (Å²) in [5, 5.41) is 0. The monoisotopic (exact) mass is 250 g/mol. The molecule has 1 aliphatic heterocycles. The predicted molar refractivity (Wildman–Crippen MR) is 68.5 cm³/mol. The van der Waals surface area contributed by atoms with E-state index >= 15 is 0 Å². The number of amides is 1. The minimum atomic E-state index is -0.221. The molecule has 1 fully saturated rings. The van der Waals surface area contributed by atoms with Gasteiger partial charge in [0.1, 0.15) is 5.82 Å². The van der Waals surface area contributed by atoms with Crippen LogP contribution in [0.25, 0.3) is 0 Å². The number of hydrogen-bond donors (Lipinski definition) is 0. The molecule has 1 atom stereocenters. The van der Waals surface area contributed by atoms with Crippen molar-refractivity contribution in [2.75, 3.05) is 20.6 Å². The van der Waals surface area contributed by atoms with Crippen molar-refractivity contribution in [3.8, 4) is 0 Å². The van der Waals surface area contributed by atoms with Gasteiger partial charge in [0.15, 0.2) is 0 Å². The first-order valence-electron chi connectivity index (χ1n) is 6.27. The van der Waals surface area contributed by atoms with E-state index in [9.17, 15) is 9.18 Å². The van der Waals surface area contributed by atoms with Crippen molar-refractivity contribution in [1.29, 1.82) is 0 Å². The quantitative estimate of drug-likeness (QED) is 0.817. The fraction of sp³-hybridized carbons (Fsp3) is 0.500. The van der Waals surface area contributed by atoms with Crippen molar-refractivity contribution in [3.63, 3.8) is 0 Å². The fourth-order valence-electron chi connectivity index (χ4n) is 2.42. The highest BCUT2D eigenvalue weighted by Gasteiger charge is 2.31. The SMILES string of the molecule is CN(C)C(=O)C1CCCN1Cc1ccc(F)cc1. The lowest BCUT2D eigenvalue weighted by molar-refractivity contribution is -0.133. The molecule has 1 aromatic carbocycles. The predicted octanol–water partition coefficient (Wildman–Crippen LogP) is 1.88. The van der Waals surface area contributed by atoms with Gasteiger partial charge < -0.3 is 4.90 Å². The third-order valence-corrected chi connectivity index (χ3v) is 3.39. The first-order chi connectivity index (χ1) is 8.58. The number of hydrogen-bond acceptors (Lipinski definition) is 2. The molecule has 0 N–H and O–H groups in total. The Kier molecular flexibility index (Phi) is 3.97. The summed E-state index contributed by atoms with van der Waals surface area (Å²) in [5.74, 6) is -0.0595. The maximum absolute atomic E-state index is 12.8. The van der Waals surface area contributed by atoms with E-state index in [0.717, 1.165) is 24.9 Å². The molecule has 1 aromatic rings. The van der Waals surface area contributed by atoms with E-state index < -0.39 is 0 Å². The Hall–Kier alpha value is -1.42. The average Bonchev–Trinajstić information content (AvgIpc) is 2.79. The Morgan fingerprint density at radius 3 is 2.67 bits per heavy atom. The summed E-state index contributed by atoms with van der Waals surface area (Å²) < 4.78 is 12.8. The van der Waals surface area contributed by atoms with Crippen LogP contribution in [0.5, 0.6) is 0 Å². The van der Waals surface area contributed by atoms with Crippen LogP contribution in [0.15, 0.2) is 24.3 Å². The first kappa shape index (κ1) is 13.0. The molecule has 1 aliphatic rings. The number of likely N-dealkylation sites (tertiary alicyclic amines) is 1. The van der Waals surface area contributed by atoms with Gasteiger partial charge in [0.25, 0.3) is 0 Å². The first-order valence-corrected chi connectivity index (χ1v) is 6.27. The van der Waals surface area contributed by atoms with E-state index in [4.69, 9.17) is 0 Å². The molecule has 0 spiro atoms. The number of rotatable bonds is 3. The van der Waals surface area contributed by atoms with Gasteiger partial charge in [0.2, 0.25) is 5.91 Å². The number of likely N-dealkylation sites (N-methyl/N-ethyl adjacent to an activating group) is 1. The topological polar surface area (TPSA) is 23.6 Å². The van der Waals surface area contributed by atoms with E-state index in [1.54, 1.807) is 31.1 Å². The van der Waals surface area contributed by atoms with Crippen LogP contribution in [0.2, 0.25) is 0 Å². The second-order valence-electron chi connectivity index (χ2n) is 4.99. The smallest absolute Gasteiger partial charge is 0.239 e. The summed E-state index contributed by atoms with van der Waals surface area (Å²) in [6.45, 7) is 1.64. The zero-order valence-electron chi connectivity index (χ0n) is 10.9. The molecule has 0 bridgehead atoms. The summed E-state index contributed by atoms with van der Waals surface area (Å²) in [7, 11) is 3.58. The molecular weight excluding hydrogens is 231 g/mol. The molecule has 1 saturated heterocycles. The van der Waals surface area contributed by atoms with E-state index in [0.29, 0.717) is 6.54 Å². The van der Waals surface area contributed by atoms with Gasteiger partial charge in [-0.1, -0.05) is 12.1 Å².